The fourth-order valence-electron chi connectivity index (χ4n) is 3.08. The zero-order valence-corrected chi connectivity index (χ0v) is 15.7. The fourth-order valence-corrected chi connectivity index (χ4v) is 3.08. The number of aromatic nitrogens is 4. The van der Waals surface area contributed by atoms with Crippen LogP contribution in [0.5, 0.6) is 0 Å². The number of benzene rings is 2. The molecule has 4 rings (SSSR count). The van der Waals surface area contributed by atoms with Crippen molar-refractivity contribution in [2.75, 3.05) is 7.05 Å². The average Bonchev–Trinajstić information content (AvgIpc) is 3.15. The Balaban J connectivity index is 1.56. The van der Waals surface area contributed by atoms with Crippen LogP contribution in [0, 0.1) is 5.82 Å². The van der Waals surface area contributed by atoms with E-state index in [9.17, 15) is 14.0 Å². The third-order valence-electron chi connectivity index (χ3n) is 4.60. The molecular formula is C21H18FN5O2. The zero-order chi connectivity index (χ0) is 20.4. The highest BCUT2D eigenvalue weighted by atomic mass is 19.1. The van der Waals surface area contributed by atoms with Gasteiger partial charge in [-0.15, -0.1) is 0 Å². The van der Waals surface area contributed by atoms with Crippen LogP contribution in [0.3, 0.4) is 0 Å². The molecule has 7 nitrogen and oxygen atoms in total. The van der Waals surface area contributed by atoms with Gasteiger partial charge in [0.25, 0.3) is 5.56 Å². The van der Waals surface area contributed by atoms with Crippen molar-refractivity contribution >= 4 is 16.9 Å². The van der Waals surface area contributed by atoms with Gasteiger partial charge in [0.2, 0.25) is 5.91 Å². The molecule has 0 aliphatic heterocycles. The lowest BCUT2D eigenvalue weighted by atomic mass is 10.2. The number of carbonyl (C=O) groups excluding carboxylic acids is 1. The van der Waals surface area contributed by atoms with Crippen molar-refractivity contribution in [2.45, 2.75) is 13.1 Å². The van der Waals surface area contributed by atoms with E-state index in [2.05, 4.69) is 10.1 Å². The highest BCUT2D eigenvalue weighted by Crippen LogP contribution is 2.13. The van der Waals surface area contributed by atoms with Crippen LogP contribution >= 0.6 is 0 Å². The molecule has 0 bridgehead atoms. The van der Waals surface area contributed by atoms with Gasteiger partial charge in [0.1, 0.15) is 24.1 Å². The van der Waals surface area contributed by atoms with E-state index >= 15 is 0 Å². The van der Waals surface area contributed by atoms with Crippen molar-refractivity contribution < 1.29 is 9.18 Å². The van der Waals surface area contributed by atoms with Gasteiger partial charge in [-0.2, -0.15) is 5.10 Å². The predicted octanol–water partition coefficient (Wildman–Crippen LogP) is 2.38. The average molecular weight is 391 g/mol. The number of likely N-dealkylation sites (N-methyl/N-ethyl adjacent to an activating group) is 1. The van der Waals surface area contributed by atoms with Crippen LogP contribution < -0.4 is 5.56 Å². The summed E-state index contributed by atoms with van der Waals surface area (Å²) in [7, 11) is 1.61. The highest BCUT2D eigenvalue weighted by molar-refractivity contribution is 5.77. The number of hydrogen-bond donors (Lipinski definition) is 0. The number of hydrogen-bond acceptors (Lipinski definition) is 4. The van der Waals surface area contributed by atoms with E-state index in [1.807, 2.05) is 30.3 Å². The molecule has 0 aliphatic rings. The van der Waals surface area contributed by atoms with E-state index in [-0.39, 0.29) is 30.4 Å². The lowest BCUT2D eigenvalue weighted by Crippen LogP contribution is -2.33. The van der Waals surface area contributed by atoms with Crippen LogP contribution in [-0.2, 0) is 17.9 Å². The van der Waals surface area contributed by atoms with Gasteiger partial charge in [0, 0.05) is 13.6 Å². The van der Waals surface area contributed by atoms with Crippen LogP contribution in [0.15, 0.2) is 71.9 Å². The summed E-state index contributed by atoms with van der Waals surface area (Å²) in [6.45, 7) is 0.0804. The Hall–Kier alpha value is -3.81. The van der Waals surface area contributed by atoms with Gasteiger partial charge >= 0.3 is 0 Å². The molecule has 0 saturated heterocycles. The maximum absolute atomic E-state index is 13.3. The largest absolute Gasteiger partial charge is 0.340 e. The Bertz CT molecular complexity index is 1230. The summed E-state index contributed by atoms with van der Waals surface area (Å²) >= 11 is 0. The van der Waals surface area contributed by atoms with Crippen LogP contribution in [0.4, 0.5) is 4.39 Å². The molecule has 0 unspecified atom stereocenters. The number of nitrogens with zero attached hydrogens (tertiary/aromatic N) is 5. The molecule has 8 heteroatoms. The molecule has 29 heavy (non-hydrogen) atoms. The second-order valence-electron chi connectivity index (χ2n) is 6.69. The first-order valence-electron chi connectivity index (χ1n) is 9.00. The first-order chi connectivity index (χ1) is 14.0. The number of rotatable bonds is 5. The summed E-state index contributed by atoms with van der Waals surface area (Å²) < 4.78 is 16.2. The van der Waals surface area contributed by atoms with Crippen molar-refractivity contribution in [3.63, 3.8) is 0 Å². The van der Waals surface area contributed by atoms with Crippen molar-refractivity contribution in [3.8, 4) is 5.69 Å². The van der Waals surface area contributed by atoms with Gasteiger partial charge in [0.15, 0.2) is 5.65 Å². The summed E-state index contributed by atoms with van der Waals surface area (Å²) in [5.74, 6) is -0.641. The van der Waals surface area contributed by atoms with Crippen molar-refractivity contribution in [3.05, 3.63) is 88.9 Å². The minimum Gasteiger partial charge on any atom is -0.340 e. The Morgan fingerprint density at radius 3 is 2.69 bits per heavy atom. The molecule has 0 radical (unpaired) electrons. The van der Waals surface area contributed by atoms with Gasteiger partial charge in [0.05, 0.1) is 11.9 Å². The molecule has 0 atom stereocenters. The molecule has 2 aromatic heterocycles. The fraction of sp³-hybridized carbons (Fsp3) is 0.143. The minimum atomic E-state index is -0.357. The third kappa shape index (κ3) is 3.77. The van der Waals surface area contributed by atoms with E-state index in [0.717, 1.165) is 5.69 Å². The Morgan fingerprint density at radius 1 is 1.14 bits per heavy atom. The monoisotopic (exact) mass is 391 g/mol. The number of amides is 1. The summed E-state index contributed by atoms with van der Waals surface area (Å²) in [5.41, 5.74) is 1.55. The summed E-state index contributed by atoms with van der Waals surface area (Å²) in [6.07, 6.45) is 2.80. The molecule has 0 N–H and O–H groups in total. The topological polar surface area (TPSA) is 73.0 Å². The molecular weight excluding hydrogens is 373 g/mol. The van der Waals surface area contributed by atoms with Gasteiger partial charge in [-0.05, 0) is 29.8 Å². The molecule has 0 saturated carbocycles. The third-order valence-corrected chi connectivity index (χ3v) is 4.60. The van der Waals surface area contributed by atoms with Gasteiger partial charge in [-0.25, -0.2) is 14.1 Å². The van der Waals surface area contributed by atoms with E-state index in [0.29, 0.717) is 16.6 Å². The highest BCUT2D eigenvalue weighted by Gasteiger charge is 2.15. The minimum absolute atomic E-state index is 0.163. The van der Waals surface area contributed by atoms with Gasteiger partial charge in [-0.3, -0.25) is 14.2 Å². The zero-order valence-electron chi connectivity index (χ0n) is 15.7. The van der Waals surface area contributed by atoms with Crippen LogP contribution in [0.25, 0.3) is 16.7 Å². The van der Waals surface area contributed by atoms with Crippen molar-refractivity contribution in [1.29, 1.82) is 0 Å². The van der Waals surface area contributed by atoms with E-state index in [4.69, 9.17) is 0 Å². The second kappa shape index (κ2) is 7.67. The maximum atomic E-state index is 13.3. The Morgan fingerprint density at radius 2 is 1.93 bits per heavy atom. The Kier molecular flexibility index (Phi) is 4.90. The number of halogens is 1. The van der Waals surface area contributed by atoms with Gasteiger partial charge < -0.3 is 4.90 Å². The first kappa shape index (κ1) is 18.5. The Labute approximate surface area is 165 Å². The first-order valence-corrected chi connectivity index (χ1v) is 9.00. The molecule has 1 amide bonds. The smallest absolute Gasteiger partial charge is 0.264 e. The number of para-hydroxylation sites is 1. The van der Waals surface area contributed by atoms with Gasteiger partial charge in [-0.1, -0.05) is 30.3 Å². The summed E-state index contributed by atoms with van der Waals surface area (Å²) in [5, 5.41) is 4.59. The number of fused-ring (bicyclic) bond motifs is 1. The SMILES string of the molecule is CN(Cc1cccc(F)c1)C(=O)Cn1cnc2c(cnn2-c2ccccc2)c1=O. The maximum Gasteiger partial charge on any atom is 0.264 e. The van der Waals surface area contributed by atoms with Crippen molar-refractivity contribution in [2.24, 2.45) is 0 Å². The lowest BCUT2D eigenvalue weighted by Gasteiger charge is -2.18. The normalized spacial score (nSPS) is 11.0. The number of carbonyl (C=O) groups is 1. The molecule has 0 spiro atoms. The van der Waals surface area contributed by atoms with E-state index in [1.54, 1.807) is 23.9 Å². The molecule has 2 heterocycles. The molecule has 4 aromatic rings. The van der Waals surface area contributed by atoms with E-state index < -0.39 is 0 Å². The quantitative estimate of drug-likeness (QED) is 0.524. The predicted molar refractivity (Wildman–Crippen MR) is 106 cm³/mol. The molecule has 0 aliphatic carbocycles. The van der Waals surface area contributed by atoms with Crippen LogP contribution in [-0.4, -0.2) is 37.2 Å². The molecule has 0 fully saturated rings. The molecule has 146 valence electrons. The molecule has 2 aromatic carbocycles. The summed E-state index contributed by atoms with van der Waals surface area (Å²) in [6, 6.07) is 15.4. The van der Waals surface area contributed by atoms with Crippen molar-refractivity contribution in [1.82, 2.24) is 24.2 Å². The second-order valence-corrected chi connectivity index (χ2v) is 6.69. The van der Waals surface area contributed by atoms with E-state index in [1.165, 1.54) is 34.1 Å². The van der Waals surface area contributed by atoms with Crippen LogP contribution in [0.1, 0.15) is 5.56 Å². The lowest BCUT2D eigenvalue weighted by molar-refractivity contribution is -0.131. The summed E-state index contributed by atoms with van der Waals surface area (Å²) in [4.78, 5) is 31.1. The standard InChI is InChI=1S/C21H18FN5O2/c1-25(12-15-6-5-7-16(22)10-15)19(28)13-26-14-23-20-18(21(26)29)11-24-27(20)17-8-3-2-4-9-17/h2-11,14H,12-13H2,1H3. The van der Waals surface area contributed by atoms with Crippen LogP contribution in [0.2, 0.25) is 0 Å².